The lowest BCUT2D eigenvalue weighted by molar-refractivity contribution is 0.579. The molecule has 5 rings (SSSR count). The highest BCUT2D eigenvalue weighted by atomic mass is 35.5. The van der Waals surface area contributed by atoms with Gasteiger partial charge >= 0.3 is 0 Å². The van der Waals surface area contributed by atoms with E-state index < -0.39 is 5.54 Å². The Morgan fingerprint density at radius 3 is 2.44 bits per heavy atom. The molecule has 1 aromatic carbocycles. The van der Waals surface area contributed by atoms with E-state index in [2.05, 4.69) is 9.97 Å². The first-order chi connectivity index (χ1) is 16.3. The van der Waals surface area contributed by atoms with Gasteiger partial charge in [0.25, 0.3) is 5.56 Å². The van der Waals surface area contributed by atoms with Gasteiger partial charge in [-0.1, -0.05) is 41.4 Å². The second-order valence-corrected chi connectivity index (χ2v) is 8.92. The number of hydrogen-bond acceptors (Lipinski definition) is 5. The number of aromatic nitrogens is 5. The largest absolute Gasteiger partial charge is 0.335 e. The molecule has 0 aliphatic rings. The van der Waals surface area contributed by atoms with Crippen LogP contribution < -0.4 is 11.3 Å². The molecular weight excluding hydrogens is 471 g/mol. The Labute approximate surface area is 205 Å². The summed E-state index contributed by atoms with van der Waals surface area (Å²) in [4.78, 5) is 26.1. The Balaban J connectivity index is 1.84. The maximum absolute atomic E-state index is 12.7. The van der Waals surface area contributed by atoms with Crippen LogP contribution in [0.5, 0.6) is 0 Å². The van der Waals surface area contributed by atoms with Crippen molar-refractivity contribution in [3.8, 4) is 11.3 Å². The highest BCUT2D eigenvalue weighted by Crippen LogP contribution is 2.36. The van der Waals surface area contributed by atoms with E-state index in [1.165, 1.54) is 0 Å². The van der Waals surface area contributed by atoms with Gasteiger partial charge in [0.15, 0.2) is 0 Å². The van der Waals surface area contributed by atoms with Crippen LogP contribution in [0.2, 0.25) is 10.2 Å². The summed E-state index contributed by atoms with van der Waals surface area (Å²) in [6, 6.07) is 16.1. The van der Waals surface area contributed by atoms with Crippen molar-refractivity contribution in [2.75, 3.05) is 0 Å². The van der Waals surface area contributed by atoms with Crippen molar-refractivity contribution in [2.24, 2.45) is 19.8 Å². The lowest BCUT2D eigenvalue weighted by Gasteiger charge is -2.30. The molecule has 2 N–H and O–H groups in total. The van der Waals surface area contributed by atoms with Gasteiger partial charge in [-0.05, 0) is 35.9 Å². The second kappa shape index (κ2) is 8.36. The van der Waals surface area contributed by atoms with E-state index in [4.69, 9.17) is 33.9 Å². The van der Waals surface area contributed by atoms with Crippen LogP contribution in [0, 0.1) is 0 Å². The first-order valence-corrected chi connectivity index (χ1v) is 11.2. The fourth-order valence-electron chi connectivity index (χ4n) is 4.21. The van der Waals surface area contributed by atoms with Gasteiger partial charge in [-0.2, -0.15) is 0 Å². The third kappa shape index (κ3) is 3.58. The Bertz CT molecular complexity index is 1590. The number of rotatable bonds is 4. The molecule has 0 unspecified atom stereocenters. The van der Waals surface area contributed by atoms with Crippen LogP contribution in [0.3, 0.4) is 0 Å². The Morgan fingerprint density at radius 1 is 1.00 bits per heavy atom. The molecule has 0 spiro atoms. The monoisotopic (exact) mass is 490 g/mol. The summed E-state index contributed by atoms with van der Waals surface area (Å²) < 4.78 is 3.41. The number of halogens is 2. The summed E-state index contributed by atoms with van der Waals surface area (Å²) in [6.45, 7) is 0. The fraction of sp³-hybridized carbons (Fsp3) is 0.120. The zero-order chi connectivity index (χ0) is 24.0. The molecule has 0 saturated heterocycles. The standard InChI is InChI=1S/C25H20Cl2N6O/c1-32-14-29-13-22(32)25(28,15-6-8-16(26)9-7-15)21-10-18-17(19-4-3-5-23(27)31-19)11-24(34)33(2)20(18)12-30-21/h3-14H,28H2,1-2H3/t25-/m1/s1. The van der Waals surface area contributed by atoms with Crippen LogP contribution in [0.15, 0.2) is 78.1 Å². The molecule has 0 aliphatic carbocycles. The van der Waals surface area contributed by atoms with Gasteiger partial charge < -0.3 is 14.9 Å². The van der Waals surface area contributed by atoms with Crippen LogP contribution >= 0.6 is 23.2 Å². The van der Waals surface area contributed by atoms with Crippen LogP contribution in [-0.2, 0) is 19.6 Å². The number of hydrogen-bond donors (Lipinski definition) is 1. The SMILES string of the molecule is Cn1cncc1[C@@](N)(c1ccc(Cl)cc1)c1cc2c(-c3cccc(Cl)n3)cc(=O)n(C)c2cn1. The van der Waals surface area contributed by atoms with Crippen molar-refractivity contribution in [3.63, 3.8) is 0 Å². The van der Waals surface area contributed by atoms with Gasteiger partial charge in [0.2, 0.25) is 0 Å². The van der Waals surface area contributed by atoms with Gasteiger partial charge in [-0.15, -0.1) is 0 Å². The quantitative estimate of drug-likeness (QED) is 0.379. The number of nitrogens with two attached hydrogens (primary N) is 1. The van der Waals surface area contributed by atoms with Gasteiger partial charge in [-0.3, -0.25) is 9.78 Å². The molecule has 0 bridgehead atoms. The minimum atomic E-state index is -1.14. The second-order valence-electron chi connectivity index (χ2n) is 8.09. The van der Waals surface area contributed by atoms with Crippen molar-refractivity contribution < 1.29 is 0 Å². The molecule has 0 amide bonds. The molecule has 0 aliphatic heterocycles. The van der Waals surface area contributed by atoms with Gasteiger partial charge in [-0.25, -0.2) is 9.97 Å². The van der Waals surface area contributed by atoms with Crippen molar-refractivity contribution in [1.82, 2.24) is 24.1 Å². The van der Waals surface area contributed by atoms with Gasteiger partial charge in [0.05, 0.1) is 41.3 Å². The molecule has 4 heterocycles. The van der Waals surface area contributed by atoms with E-state index in [-0.39, 0.29) is 5.56 Å². The summed E-state index contributed by atoms with van der Waals surface area (Å²) in [6.07, 6.45) is 5.08. The maximum Gasteiger partial charge on any atom is 0.251 e. The lowest BCUT2D eigenvalue weighted by atomic mass is 9.83. The predicted molar refractivity (Wildman–Crippen MR) is 134 cm³/mol. The highest BCUT2D eigenvalue weighted by Gasteiger charge is 2.36. The predicted octanol–water partition coefficient (Wildman–Crippen LogP) is 4.29. The van der Waals surface area contributed by atoms with E-state index in [0.29, 0.717) is 32.6 Å². The normalized spacial score (nSPS) is 13.2. The van der Waals surface area contributed by atoms with E-state index in [1.54, 1.807) is 60.7 Å². The highest BCUT2D eigenvalue weighted by molar-refractivity contribution is 6.30. The van der Waals surface area contributed by atoms with Crippen molar-refractivity contribution in [3.05, 3.63) is 111 Å². The zero-order valence-corrected chi connectivity index (χ0v) is 19.9. The van der Waals surface area contributed by atoms with E-state index in [9.17, 15) is 4.79 Å². The van der Waals surface area contributed by atoms with Crippen molar-refractivity contribution in [2.45, 2.75) is 5.54 Å². The minimum absolute atomic E-state index is 0.179. The molecule has 7 nitrogen and oxygen atoms in total. The Hall–Kier alpha value is -3.52. The molecule has 1 atom stereocenters. The first-order valence-electron chi connectivity index (χ1n) is 10.4. The first kappa shape index (κ1) is 22.3. The number of pyridine rings is 3. The van der Waals surface area contributed by atoms with E-state index in [1.807, 2.05) is 35.9 Å². The maximum atomic E-state index is 12.7. The average Bonchev–Trinajstić information content (AvgIpc) is 3.27. The molecule has 4 aromatic heterocycles. The minimum Gasteiger partial charge on any atom is -0.335 e. The smallest absolute Gasteiger partial charge is 0.251 e. The summed E-state index contributed by atoms with van der Waals surface area (Å²) in [5.74, 6) is 0. The fourth-order valence-corrected chi connectivity index (χ4v) is 4.50. The third-order valence-electron chi connectivity index (χ3n) is 6.05. The molecule has 170 valence electrons. The summed E-state index contributed by atoms with van der Waals surface area (Å²) in [7, 11) is 3.59. The van der Waals surface area contributed by atoms with E-state index >= 15 is 0 Å². The number of benzene rings is 1. The number of nitrogens with zero attached hydrogens (tertiary/aromatic N) is 5. The Kier molecular flexibility index (Phi) is 5.48. The molecule has 5 aromatic rings. The number of imidazole rings is 1. The molecular formula is C25H20Cl2N6O. The van der Waals surface area contributed by atoms with Gasteiger partial charge in [0.1, 0.15) is 10.7 Å². The molecule has 9 heteroatoms. The topological polar surface area (TPSA) is 91.6 Å². The molecule has 34 heavy (non-hydrogen) atoms. The van der Waals surface area contributed by atoms with Crippen LogP contribution in [0.4, 0.5) is 0 Å². The average molecular weight is 491 g/mol. The summed E-state index contributed by atoms with van der Waals surface area (Å²) >= 11 is 12.3. The number of aryl methyl sites for hydroxylation is 2. The van der Waals surface area contributed by atoms with Crippen molar-refractivity contribution in [1.29, 1.82) is 0 Å². The van der Waals surface area contributed by atoms with Crippen molar-refractivity contribution >= 4 is 34.1 Å². The van der Waals surface area contributed by atoms with Crippen LogP contribution in [0.1, 0.15) is 17.0 Å². The number of fused-ring (bicyclic) bond motifs is 1. The Morgan fingerprint density at radius 2 is 1.76 bits per heavy atom. The van der Waals surface area contributed by atoms with Gasteiger partial charge in [0, 0.05) is 36.1 Å². The summed E-state index contributed by atoms with van der Waals surface area (Å²) in [5.41, 5.74) is 9.83. The molecule has 0 saturated carbocycles. The zero-order valence-electron chi connectivity index (χ0n) is 18.4. The third-order valence-corrected chi connectivity index (χ3v) is 6.51. The van der Waals surface area contributed by atoms with E-state index in [0.717, 1.165) is 16.6 Å². The lowest BCUT2D eigenvalue weighted by Crippen LogP contribution is -2.41. The molecule has 0 radical (unpaired) electrons. The summed E-state index contributed by atoms with van der Waals surface area (Å²) in [5, 5.41) is 1.71. The van der Waals surface area contributed by atoms with Crippen LogP contribution in [-0.4, -0.2) is 24.1 Å². The molecule has 0 fully saturated rings. The van der Waals surface area contributed by atoms with Crippen LogP contribution in [0.25, 0.3) is 22.2 Å².